The zero-order valence-corrected chi connectivity index (χ0v) is 12.5. The van der Waals surface area contributed by atoms with Gasteiger partial charge in [-0.2, -0.15) is 0 Å². The number of hydrogen-bond donors (Lipinski definition) is 3. The van der Waals surface area contributed by atoms with Gasteiger partial charge in [-0.1, -0.05) is 12.1 Å². The fourth-order valence-corrected chi connectivity index (χ4v) is 3.31. The molecule has 1 saturated heterocycles. The van der Waals surface area contributed by atoms with Gasteiger partial charge in [-0.25, -0.2) is 0 Å². The molecule has 6 heteroatoms. The van der Waals surface area contributed by atoms with Crippen molar-refractivity contribution in [2.75, 3.05) is 29.9 Å². The molecule has 3 heterocycles. The lowest BCUT2D eigenvalue weighted by molar-refractivity contribution is 0.432. The van der Waals surface area contributed by atoms with Gasteiger partial charge >= 0.3 is 0 Å². The first-order chi connectivity index (χ1) is 10.7. The van der Waals surface area contributed by atoms with Crippen LogP contribution >= 0.6 is 0 Å². The number of benzene rings is 1. The molecule has 0 unspecified atom stereocenters. The Morgan fingerprint density at radius 3 is 3.00 bits per heavy atom. The minimum atomic E-state index is 0.228. The molecule has 3 N–H and O–H groups in total. The van der Waals surface area contributed by atoms with Crippen molar-refractivity contribution in [3.8, 4) is 17.0 Å². The highest BCUT2D eigenvalue weighted by Gasteiger charge is 2.34. The molecule has 0 amide bonds. The number of phenols is 1. The van der Waals surface area contributed by atoms with Crippen LogP contribution in [0.4, 0.5) is 11.5 Å². The largest absolute Gasteiger partial charge is 0.507 e. The van der Waals surface area contributed by atoms with Crippen LogP contribution in [0.5, 0.6) is 5.75 Å². The van der Waals surface area contributed by atoms with Crippen LogP contribution in [-0.2, 0) is 0 Å². The summed E-state index contributed by atoms with van der Waals surface area (Å²) in [6, 6.07) is 9.98. The Labute approximate surface area is 129 Å². The van der Waals surface area contributed by atoms with Gasteiger partial charge < -0.3 is 20.6 Å². The van der Waals surface area contributed by atoms with Crippen molar-refractivity contribution in [2.24, 2.45) is 0 Å². The number of nitrogens with one attached hydrogen (secondary N) is 2. The Balaban J connectivity index is 1.79. The van der Waals surface area contributed by atoms with E-state index in [1.54, 1.807) is 12.1 Å². The minimum Gasteiger partial charge on any atom is -0.507 e. The number of fused-ring (bicyclic) bond motifs is 3. The molecule has 0 spiro atoms. The molecule has 2 aromatic rings. The molecular weight excluding hydrogens is 278 g/mol. The van der Waals surface area contributed by atoms with E-state index in [0.717, 1.165) is 31.1 Å². The standard InChI is InChI=1S/C16H19N5O/c1-10-14-9-17-6-7-21(14)13-8-12(19-20-16(13)18-10)11-4-2-3-5-15(11)22/h2-5,8,10,14,17,22H,6-7,9H2,1H3,(H,18,20)/t10-,14+/m1/s1. The zero-order chi connectivity index (χ0) is 15.1. The van der Waals surface area contributed by atoms with E-state index >= 15 is 0 Å². The Kier molecular flexibility index (Phi) is 3.11. The van der Waals surface area contributed by atoms with Crippen LogP contribution in [0, 0.1) is 0 Å². The number of para-hydroxylation sites is 1. The third-order valence-electron chi connectivity index (χ3n) is 4.49. The monoisotopic (exact) mass is 297 g/mol. The summed E-state index contributed by atoms with van der Waals surface area (Å²) in [7, 11) is 0. The summed E-state index contributed by atoms with van der Waals surface area (Å²) in [4.78, 5) is 2.39. The molecule has 6 nitrogen and oxygen atoms in total. The van der Waals surface area contributed by atoms with Crippen molar-refractivity contribution < 1.29 is 5.11 Å². The average Bonchev–Trinajstić information content (AvgIpc) is 2.56. The molecule has 22 heavy (non-hydrogen) atoms. The lowest BCUT2D eigenvalue weighted by atomic mass is 10.0. The van der Waals surface area contributed by atoms with Crippen LogP contribution in [0.1, 0.15) is 6.92 Å². The van der Waals surface area contributed by atoms with E-state index in [1.807, 2.05) is 18.2 Å². The number of rotatable bonds is 1. The van der Waals surface area contributed by atoms with Crippen molar-refractivity contribution in [3.63, 3.8) is 0 Å². The van der Waals surface area contributed by atoms with E-state index in [1.165, 1.54) is 0 Å². The first-order valence-corrected chi connectivity index (χ1v) is 7.64. The molecule has 4 rings (SSSR count). The van der Waals surface area contributed by atoms with Gasteiger partial charge in [-0.15, -0.1) is 10.2 Å². The van der Waals surface area contributed by atoms with Crippen LogP contribution in [0.3, 0.4) is 0 Å². The Hall–Kier alpha value is -2.34. The van der Waals surface area contributed by atoms with E-state index in [-0.39, 0.29) is 5.75 Å². The molecule has 2 aliphatic heterocycles. The summed E-state index contributed by atoms with van der Waals surface area (Å²) < 4.78 is 0. The molecule has 2 aliphatic rings. The molecule has 1 aromatic heterocycles. The lowest BCUT2D eigenvalue weighted by Gasteiger charge is -2.45. The number of aromatic hydroxyl groups is 1. The van der Waals surface area contributed by atoms with Gasteiger partial charge in [-0.3, -0.25) is 0 Å². The predicted molar refractivity (Wildman–Crippen MR) is 86.2 cm³/mol. The van der Waals surface area contributed by atoms with E-state index in [0.29, 0.717) is 23.3 Å². The van der Waals surface area contributed by atoms with Crippen molar-refractivity contribution >= 4 is 11.5 Å². The van der Waals surface area contributed by atoms with E-state index in [9.17, 15) is 5.11 Å². The number of nitrogens with zero attached hydrogens (tertiary/aromatic N) is 3. The Bertz CT molecular complexity index is 705. The normalized spacial score (nSPS) is 23.4. The second kappa shape index (κ2) is 5.14. The SMILES string of the molecule is C[C@H]1Nc2nnc(-c3ccccc3O)cc2N2CCNC[C@@H]12. The van der Waals surface area contributed by atoms with Crippen LogP contribution in [0.2, 0.25) is 0 Å². The van der Waals surface area contributed by atoms with Crippen LogP contribution in [-0.4, -0.2) is 47.0 Å². The highest BCUT2D eigenvalue weighted by atomic mass is 16.3. The Morgan fingerprint density at radius 1 is 1.27 bits per heavy atom. The maximum absolute atomic E-state index is 10.0. The third-order valence-corrected chi connectivity index (χ3v) is 4.49. The van der Waals surface area contributed by atoms with Gasteiger partial charge in [0.25, 0.3) is 0 Å². The topological polar surface area (TPSA) is 73.3 Å². The van der Waals surface area contributed by atoms with E-state index < -0.39 is 0 Å². The Morgan fingerprint density at radius 2 is 2.14 bits per heavy atom. The predicted octanol–water partition coefficient (Wildman–Crippen LogP) is 1.44. The first kappa shape index (κ1) is 13.3. The molecule has 2 atom stereocenters. The van der Waals surface area contributed by atoms with Gasteiger partial charge in [0.05, 0.1) is 17.4 Å². The highest BCUT2D eigenvalue weighted by molar-refractivity contribution is 5.76. The fourth-order valence-electron chi connectivity index (χ4n) is 3.31. The summed E-state index contributed by atoms with van der Waals surface area (Å²) >= 11 is 0. The maximum atomic E-state index is 10.0. The molecule has 1 aromatic carbocycles. The van der Waals surface area contributed by atoms with Crippen molar-refractivity contribution in [3.05, 3.63) is 30.3 Å². The maximum Gasteiger partial charge on any atom is 0.172 e. The minimum absolute atomic E-state index is 0.228. The molecule has 0 radical (unpaired) electrons. The molecule has 0 aliphatic carbocycles. The number of phenolic OH excluding ortho intramolecular Hbond substituents is 1. The fraction of sp³-hybridized carbons (Fsp3) is 0.375. The smallest absolute Gasteiger partial charge is 0.172 e. The molecule has 114 valence electrons. The average molecular weight is 297 g/mol. The summed E-state index contributed by atoms with van der Waals surface area (Å²) in [6.07, 6.45) is 0. The molecule has 0 bridgehead atoms. The van der Waals surface area contributed by atoms with Crippen molar-refractivity contribution in [1.82, 2.24) is 15.5 Å². The number of anilines is 2. The van der Waals surface area contributed by atoms with Gasteiger partial charge in [0.15, 0.2) is 5.82 Å². The van der Waals surface area contributed by atoms with Gasteiger partial charge in [-0.05, 0) is 25.1 Å². The molecule has 0 saturated carbocycles. The highest BCUT2D eigenvalue weighted by Crippen LogP contribution is 2.36. The summed E-state index contributed by atoms with van der Waals surface area (Å²) in [5.41, 5.74) is 2.48. The van der Waals surface area contributed by atoms with Gasteiger partial charge in [0.2, 0.25) is 0 Å². The number of aromatic nitrogens is 2. The summed E-state index contributed by atoms with van der Waals surface area (Å²) in [6.45, 7) is 5.06. The van der Waals surface area contributed by atoms with Gasteiger partial charge in [0, 0.05) is 31.2 Å². The van der Waals surface area contributed by atoms with Crippen LogP contribution in [0.15, 0.2) is 30.3 Å². The molecular formula is C16H19N5O. The van der Waals surface area contributed by atoms with E-state index in [4.69, 9.17) is 0 Å². The second-order valence-corrected chi connectivity index (χ2v) is 5.88. The number of piperazine rings is 1. The first-order valence-electron chi connectivity index (χ1n) is 7.64. The van der Waals surface area contributed by atoms with Crippen LogP contribution in [0.25, 0.3) is 11.3 Å². The quantitative estimate of drug-likeness (QED) is 0.740. The zero-order valence-electron chi connectivity index (χ0n) is 12.5. The second-order valence-electron chi connectivity index (χ2n) is 5.88. The van der Waals surface area contributed by atoms with Crippen molar-refractivity contribution in [1.29, 1.82) is 0 Å². The van der Waals surface area contributed by atoms with E-state index in [2.05, 4.69) is 32.7 Å². The van der Waals surface area contributed by atoms with Gasteiger partial charge in [0.1, 0.15) is 5.75 Å². The van der Waals surface area contributed by atoms with Crippen molar-refractivity contribution in [2.45, 2.75) is 19.0 Å². The third kappa shape index (κ3) is 2.07. The molecule has 1 fully saturated rings. The van der Waals surface area contributed by atoms with Crippen LogP contribution < -0.4 is 15.5 Å². The summed E-state index contributed by atoms with van der Waals surface area (Å²) in [5, 5.41) is 25.5. The lowest BCUT2D eigenvalue weighted by Crippen LogP contribution is -2.60. The number of hydrogen-bond acceptors (Lipinski definition) is 6. The summed E-state index contributed by atoms with van der Waals surface area (Å²) in [5.74, 6) is 1.05.